The van der Waals surface area contributed by atoms with Gasteiger partial charge < -0.3 is 10.6 Å². The van der Waals surface area contributed by atoms with Crippen LogP contribution in [0.5, 0.6) is 0 Å². The van der Waals surface area contributed by atoms with Gasteiger partial charge in [-0.15, -0.1) is 0 Å². The molecule has 2 N–H and O–H groups in total. The van der Waals surface area contributed by atoms with Crippen molar-refractivity contribution in [3.8, 4) is 0 Å². The molecule has 1 saturated heterocycles. The average Bonchev–Trinajstić information content (AvgIpc) is 2.75. The van der Waals surface area contributed by atoms with Crippen molar-refractivity contribution in [2.45, 2.75) is 32.2 Å². The molecule has 5 heteroatoms. The van der Waals surface area contributed by atoms with Crippen LogP contribution in [0.2, 0.25) is 0 Å². The van der Waals surface area contributed by atoms with Crippen LogP contribution in [-0.2, 0) is 18.3 Å². The minimum absolute atomic E-state index is 0.118. The van der Waals surface area contributed by atoms with E-state index in [4.69, 9.17) is 0 Å². The minimum Gasteiger partial charge on any atom is -0.355 e. The van der Waals surface area contributed by atoms with Gasteiger partial charge in [0.1, 0.15) is 0 Å². The molecule has 2 heterocycles. The lowest BCUT2D eigenvalue weighted by Gasteiger charge is -2.28. The van der Waals surface area contributed by atoms with E-state index in [0.717, 1.165) is 31.4 Å². The van der Waals surface area contributed by atoms with E-state index < -0.39 is 0 Å². The molecular weight excluding hydrogens is 228 g/mol. The summed E-state index contributed by atoms with van der Waals surface area (Å²) in [7, 11) is 1.90. The SMILES string of the molecule is CC1NCCCC1C(=O)NCCc1cnn(C)c1. The number of carbonyl (C=O) groups excluding carboxylic acids is 1. The first-order chi connectivity index (χ1) is 8.66. The minimum atomic E-state index is 0.118. The Bertz CT molecular complexity index is 401. The van der Waals surface area contributed by atoms with E-state index in [2.05, 4.69) is 22.7 Å². The van der Waals surface area contributed by atoms with Crippen molar-refractivity contribution in [3.05, 3.63) is 18.0 Å². The highest BCUT2D eigenvalue weighted by molar-refractivity contribution is 5.79. The number of nitrogens with zero attached hydrogens (tertiary/aromatic N) is 2. The molecule has 1 amide bonds. The van der Waals surface area contributed by atoms with E-state index in [9.17, 15) is 4.79 Å². The average molecular weight is 250 g/mol. The summed E-state index contributed by atoms with van der Waals surface area (Å²) in [6, 6.07) is 0.289. The van der Waals surface area contributed by atoms with Gasteiger partial charge in [-0.1, -0.05) is 0 Å². The summed E-state index contributed by atoms with van der Waals surface area (Å²) in [6.07, 6.45) is 6.75. The second kappa shape index (κ2) is 6.00. The Hall–Kier alpha value is -1.36. The van der Waals surface area contributed by atoms with E-state index in [1.54, 1.807) is 4.68 Å². The zero-order valence-corrected chi connectivity index (χ0v) is 11.1. The first kappa shape index (κ1) is 13.1. The molecule has 2 atom stereocenters. The van der Waals surface area contributed by atoms with Crippen molar-refractivity contribution >= 4 is 5.91 Å². The summed E-state index contributed by atoms with van der Waals surface area (Å²) in [5.74, 6) is 0.297. The van der Waals surface area contributed by atoms with Gasteiger partial charge >= 0.3 is 0 Å². The molecular formula is C13H22N4O. The third-order valence-electron chi connectivity index (χ3n) is 3.57. The van der Waals surface area contributed by atoms with Gasteiger partial charge in [0.15, 0.2) is 0 Å². The van der Waals surface area contributed by atoms with E-state index >= 15 is 0 Å². The number of piperidine rings is 1. The summed E-state index contributed by atoms with van der Waals surface area (Å²) in [4.78, 5) is 12.0. The highest BCUT2D eigenvalue weighted by Crippen LogP contribution is 2.16. The molecule has 1 aliphatic heterocycles. The second-order valence-electron chi connectivity index (χ2n) is 5.05. The maximum Gasteiger partial charge on any atom is 0.224 e. The number of nitrogens with one attached hydrogen (secondary N) is 2. The van der Waals surface area contributed by atoms with Crippen LogP contribution in [0.1, 0.15) is 25.3 Å². The van der Waals surface area contributed by atoms with Crippen LogP contribution < -0.4 is 10.6 Å². The van der Waals surface area contributed by atoms with E-state index in [0.29, 0.717) is 6.54 Å². The van der Waals surface area contributed by atoms with Gasteiger partial charge in [-0.05, 0) is 38.3 Å². The van der Waals surface area contributed by atoms with Crippen molar-refractivity contribution < 1.29 is 4.79 Å². The van der Waals surface area contributed by atoms with Crippen molar-refractivity contribution in [3.63, 3.8) is 0 Å². The summed E-state index contributed by atoms with van der Waals surface area (Å²) >= 11 is 0. The lowest BCUT2D eigenvalue weighted by atomic mass is 9.91. The zero-order chi connectivity index (χ0) is 13.0. The number of aryl methyl sites for hydroxylation is 1. The second-order valence-corrected chi connectivity index (χ2v) is 5.05. The predicted octanol–water partition coefficient (Wildman–Crippen LogP) is 0.467. The Morgan fingerprint density at radius 2 is 2.50 bits per heavy atom. The molecule has 0 aliphatic carbocycles. The van der Waals surface area contributed by atoms with Crippen LogP contribution in [0.15, 0.2) is 12.4 Å². The van der Waals surface area contributed by atoms with Crippen LogP contribution in [0.3, 0.4) is 0 Å². The Morgan fingerprint density at radius 1 is 1.67 bits per heavy atom. The standard InChI is InChI=1S/C13H22N4O/c1-10-12(4-3-6-14-10)13(18)15-7-5-11-8-16-17(2)9-11/h8-10,12,14H,3-7H2,1-2H3,(H,15,18). The Morgan fingerprint density at radius 3 is 3.17 bits per heavy atom. The van der Waals surface area contributed by atoms with Crippen molar-refractivity contribution in [2.75, 3.05) is 13.1 Å². The number of hydrogen-bond donors (Lipinski definition) is 2. The van der Waals surface area contributed by atoms with Gasteiger partial charge in [0.05, 0.1) is 12.1 Å². The molecule has 5 nitrogen and oxygen atoms in total. The number of amides is 1. The fraction of sp³-hybridized carbons (Fsp3) is 0.692. The smallest absolute Gasteiger partial charge is 0.224 e. The number of aromatic nitrogens is 2. The van der Waals surface area contributed by atoms with Gasteiger partial charge in [-0.25, -0.2) is 0 Å². The van der Waals surface area contributed by atoms with Crippen LogP contribution in [0, 0.1) is 5.92 Å². The third kappa shape index (κ3) is 3.32. The van der Waals surface area contributed by atoms with Crippen molar-refractivity contribution in [2.24, 2.45) is 13.0 Å². The Labute approximate surface area is 108 Å². The summed E-state index contributed by atoms with van der Waals surface area (Å²) < 4.78 is 1.78. The fourth-order valence-electron chi connectivity index (χ4n) is 2.46. The highest BCUT2D eigenvalue weighted by Gasteiger charge is 2.26. The molecule has 1 aromatic rings. The Balaban J connectivity index is 1.74. The molecule has 0 saturated carbocycles. The van der Waals surface area contributed by atoms with Crippen molar-refractivity contribution in [1.82, 2.24) is 20.4 Å². The molecule has 0 spiro atoms. The van der Waals surface area contributed by atoms with Gasteiger partial charge in [-0.3, -0.25) is 9.48 Å². The number of rotatable bonds is 4. The van der Waals surface area contributed by atoms with Crippen LogP contribution in [-0.4, -0.2) is 34.8 Å². The highest BCUT2D eigenvalue weighted by atomic mass is 16.1. The summed E-state index contributed by atoms with van der Waals surface area (Å²) in [6.45, 7) is 3.80. The molecule has 2 unspecified atom stereocenters. The lowest BCUT2D eigenvalue weighted by molar-refractivity contribution is -0.126. The predicted molar refractivity (Wildman–Crippen MR) is 70.1 cm³/mol. The number of hydrogen-bond acceptors (Lipinski definition) is 3. The van der Waals surface area contributed by atoms with Crippen LogP contribution >= 0.6 is 0 Å². The molecule has 1 fully saturated rings. The lowest BCUT2D eigenvalue weighted by Crippen LogP contribution is -2.47. The van der Waals surface area contributed by atoms with Gasteiger partial charge in [-0.2, -0.15) is 5.10 Å². The summed E-state index contributed by atoms with van der Waals surface area (Å²) in [5.41, 5.74) is 1.16. The Kier molecular flexibility index (Phi) is 4.36. The fourth-order valence-corrected chi connectivity index (χ4v) is 2.46. The molecule has 1 aromatic heterocycles. The molecule has 100 valence electrons. The zero-order valence-electron chi connectivity index (χ0n) is 11.1. The first-order valence-corrected chi connectivity index (χ1v) is 6.65. The van der Waals surface area contributed by atoms with Gasteiger partial charge in [0.25, 0.3) is 0 Å². The molecule has 2 rings (SSSR count). The maximum absolute atomic E-state index is 12.0. The van der Waals surface area contributed by atoms with E-state index in [1.807, 2.05) is 19.4 Å². The molecule has 0 radical (unpaired) electrons. The third-order valence-corrected chi connectivity index (χ3v) is 3.57. The normalized spacial score (nSPS) is 23.9. The van der Waals surface area contributed by atoms with Crippen LogP contribution in [0.4, 0.5) is 0 Å². The largest absolute Gasteiger partial charge is 0.355 e. The molecule has 1 aliphatic rings. The topological polar surface area (TPSA) is 59.0 Å². The summed E-state index contributed by atoms with van der Waals surface area (Å²) in [5, 5.41) is 10.5. The van der Waals surface area contributed by atoms with Crippen molar-refractivity contribution in [1.29, 1.82) is 0 Å². The van der Waals surface area contributed by atoms with Gasteiger partial charge in [0.2, 0.25) is 5.91 Å². The monoisotopic (exact) mass is 250 g/mol. The molecule has 0 aromatic carbocycles. The maximum atomic E-state index is 12.0. The molecule has 0 bridgehead atoms. The van der Waals surface area contributed by atoms with Gasteiger partial charge in [0, 0.05) is 25.8 Å². The number of carbonyl (C=O) groups is 1. The first-order valence-electron chi connectivity index (χ1n) is 6.65. The van der Waals surface area contributed by atoms with E-state index in [1.165, 1.54) is 0 Å². The van der Waals surface area contributed by atoms with Crippen LogP contribution in [0.25, 0.3) is 0 Å². The quantitative estimate of drug-likeness (QED) is 0.816. The van der Waals surface area contributed by atoms with E-state index in [-0.39, 0.29) is 17.9 Å². The molecule has 18 heavy (non-hydrogen) atoms.